The molecule has 1 nitrogen and oxygen atoms in total. The van der Waals surface area contributed by atoms with E-state index in [1.807, 2.05) is 0 Å². The molecule has 2 saturated carbocycles. The number of nitrogens with one attached hydrogen (secondary N) is 1. The summed E-state index contributed by atoms with van der Waals surface area (Å²) in [5.41, 5.74) is 0. The van der Waals surface area contributed by atoms with Crippen molar-refractivity contribution in [1.82, 2.24) is 5.32 Å². The summed E-state index contributed by atoms with van der Waals surface area (Å²) in [7, 11) is 0. The zero-order chi connectivity index (χ0) is 11.0. The number of rotatable bonds is 1. The molecule has 0 amide bonds. The van der Waals surface area contributed by atoms with Crippen molar-refractivity contribution in [3.8, 4) is 0 Å². The van der Waals surface area contributed by atoms with Crippen molar-refractivity contribution in [3.63, 3.8) is 0 Å². The highest BCUT2D eigenvalue weighted by Crippen LogP contribution is 2.43. The lowest BCUT2D eigenvalue weighted by Gasteiger charge is -2.49. The smallest absolute Gasteiger partial charge is 0.0217 e. The molecular weight excluding hydrogens is 214 g/mol. The fourth-order valence-corrected chi connectivity index (χ4v) is 5.95. The van der Waals surface area contributed by atoms with Gasteiger partial charge in [0.25, 0.3) is 0 Å². The van der Waals surface area contributed by atoms with Crippen LogP contribution >= 0.6 is 11.8 Å². The van der Waals surface area contributed by atoms with Gasteiger partial charge in [0.2, 0.25) is 0 Å². The Labute approximate surface area is 104 Å². The molecule has 0 spiro atoms. The maximum Gasteiger partial charge on any atom is 0.0217 e. The van der Waals surface area contributed by atoms with Gasteiger partial charge in [-0.25, -0.2) is 0 Å². The molecule has 0 aromatic carbocycles. The third kappa shape index (κ3) is 2.03. The van der Waals surface area contributed by atoms with Crippen LogP contribution in [0, 0.1) is 5.92 Å². The Morgan fingerprint density at radius 3 is 2.69 bits per heavy atom. The normalized spacial score (nSPS) is 48.2. The molecule has 3 rings (SSSR count). The second-order valence-electron chi connectivity index (χ2n) is 5.90. The summed E-state index contributed by atoms with van der Waals surface area (Å²) in [4.78, 5) is 0. The molecule has 2 aliphatic carbocycles. The van der Waals surface area contributed by atoms with Crippen LogP contribution in [-0.4, -0.2) is 22.6 Å². The number of hydrogen-bond acceptors (Lipinski definition) is 2. The first-order valence-corrected chi connectivity index (χ1v) is 8.24. The lowest BCUT2D eigenvalue weighted by Crippen LogP contribution is -2.59. The van der Waals surface area contributed by atoms with Crippen molar-refractivity contribution in [2.24, 2.45) is 5.92 Å². The molecule has 1 N–H and O–H groups in total. The maximum atomic E-state index is 4.04. The summed E-state index contributed by atoms with van der Waals surface area (Å²) < 4.78 is 0. The second-order valence-corrected chi connectivity index (χ2v) is 7.38. The van der Waals surface area contributed by atoms with Gasteiger partial charge < -0.3 is 5.32 Å². The molecule has 16 heavy (non-hydrogen) atoms. The summed E-state index contributed by atoms with van der Waals surface area (Å²) in [6.07, 6.45) is 11.7. The molecule has 3 fully saturated rings. The van der Waals surface area contributed by atoms with Crippen LogP contribution in [0.3, 0.4) is 0 Å². The highest BCUT2D eigenvalue weighted by molar-refractivity contribution is 8.00. The van der Waals surface area contributed by atoms with Crippen molar-refractivity contribution in [3.05, 3.63) is 0 Å². The predicted octanol–water partition coefficient (Wildman–Crippen LogP) is 3.58. The van der Waals surface area contributed by atoms with Gasteiger partial charge in [-0.2, -0.15) is 11.8 Å². The highest BCUT2D eigenvalue weighted by Gasteiger charge is 2.42. The first-order chi connectivity index (χ1) is 7.88. The van der Waals surface area contributed by atoms with Crippen LogP contribution in [0.25, 0.3) is 0 Å². The van der Waals surface area contributed by atoms with E-state index in [9.17, 15) is 0 Å². The molecule has 5 unspecified atom stereocenters. The van der Waals surface area contributed by atoms with Gasteiger partial charge in [-0.05, 0) is 31.6 Å². The molecule has 0 aromatic rings. The van der Waals surface area contributed by atoms with Crippen molar-refractivity contribution < 1.29 is 0 Å². The largest absolute Gasteiger partial charge is 0.309 e. The summed E-state index contributed by atoms with van der Waals surface area (Å²) in [5, 5.41) is 5.93. The lowest BCUT2D eigenvalue weighted by molar-refractivity contribution is 0.214. The van der Waals surface area contributed by atoms with Crippen LogP contribution in [0.15, 0.2) is 0 Å². The summed E-state index contributed by atoms with van der Waals surface area (Å²) in [5.74, 6) is 0.967. The fraction of sp³-hybridized carbons (Fsp3) is 1.00. The molecule has 3 aliphatic rings. The van der Waals surface area contributed by atoms with E-state index < -0.39 is 0 Å². The van der Waals surface area contributed by atoms with Gasteiger partial charge in [-0.15, -0.1) is 0 Å². The topological polar surface area (TPSA) is 12.0 Å². The van der Waals surface area contributed by atoms with Gasteiger partial charge in [0.1, 0.15) is 0 Å². The molecule has 2 heteroatoms. The third-order valence-electron chi connectivity index (χ3n) is 4.96. The first kappa shape index (κ1) is 11.4. The van der Waals surface area contributed by atoms with Gasteiger partial charge in [-0.3, -0.25) is 0 Å². The van der Waals surface area contributed by atoms with Gasteiger partial charge in [0, 0.05) is 22.6 Å². The Morgan fingerprint density at radius 1 is 1.00 bits per heavy atom. The highest BCUT2D eigenvalue weighted by atomic mass is 32.2. The zero-order valence-corrected chi connectivity index (χ0v) is 11.3. The van der Waals surface area contributed by atoms with E-state index in [1.165, 1.54) is 51.4 Å². The molecule has 0 bridgehead atoms. The minimum absolute atomic E-state index is 0.850. The number of fused-ring (bicyclic) bond motifs is 2. The Bertz CT molecular complexity index is 243. The molecule has 1 heterocycles. The van der Waals surface area contributed by atoms with E-state index in [4.69, 9.17) is 0 Å². The van der Waals surface area contributed by atoms with Gasteiger partial charge in [0.05, 0.1) is 0 Å². The van der Waals surface area contributed by atoms with Gasteiger partial charge >= 0.3 is 0 Å². The van der Waals surface area contributed by atoms with Gasteiger partial charge in [0.15, 0.2) is 0 Å². The second kappa shape index (κ2) is 4.89. The maximum absolute atomic E-state index is 4.04. The van der Waals surface area contributed by atoms with Crippen LogP contribution in [0.2, 0.25) is 0 Å². The van der Waals surface area contributed by atoms with Crippen LogP contribution in [-0.2, 0) is 0 Å². The average molecular weight is 239 g/mol. The number of thioether (sulfide) groups is 1. The Kier molecular flexibility index (Phi) is 3.49. The quantitative estimate of drug-likeness (QED) is 0.750. The van der Waals surface area contributed by atoms with Crippen LogP contribution < -0.4 is 5.32 Å². The van der Waals surface area contributed by atoms with Crippen molar-refractivity contribution in [2.75, 3.05) is 0 Å². The molecule has 0 aromatic heterocycles. The Hall–Kier alpha value is 0.310. The summed E-state index contributed by atoms with van der Waals surface area (Å²) in [6.45, 7) is 2.38. The van der Waals surface area contributed by atoms with Gasteiger partial charge in [-0.1, -0.05) is 32.6 Å². The molecule has 1 saturated heterocycles. The predicted molar refractivity (Wildman–Crippen MR) is 72.0 cm³/mol. The van der Waals surface area contributed by atoms with Crippen LogP contribution in [0.4, 0.5) is 0 Å². The fourth-order valence-electron chi connectivity index (χ4n) is 4.02. The SMILES string of the molecule is CCC1CCCC2SC3CCCCC3NC12. The van der Waals surface area contributed by atoms with E-state index in [0.29, 0.717) is 0 Å². The molecule has 1 aliphatic heterocycles. The zero-order valence-electron chi connectivity index (χ0n) is 10.5. The molecular formula is C14H25NS. The minimum atomic E-state index is 0.850. The first-order valence-electron chi connectivity index (χ1n) is 7.30. The van der Waals surface area contributed by atoms with E-state index in [-0.39, 0.29) is 0 Å². The Morgan fingerprint density at radius 2 is 1.81 bits per heavy atom. The van der Waals surface area contributed by atoms with E-state index in [1.54, 1.807) is 0 Å². The summed E-state index contributed by atoms with van der Waals surface area (Å²) in [6, 6.07) is 1.70. The monoisotopic (exact) mass is 239 g/mol. The third-order valence-corrected chi connectivity index (χ3v) is 6.75. The lowest BCUT2D eigenvalue weighted by atomic mass is 9.80. The Balaban J connectivity index is 1.71. The van der Waals surface area contributed by atoms with Crippen LogP contribution in [0.1, 0.15) is 58.3 Å². The number of hydrogen-bond donors (Lipinski definition) is 1. The van der Waals surface area contributed by atoms with Crippen LogP contribution in [0.5, 0.6) is 0 Å². The van der Waals surface area contributed by atoms with Crippen molar-refractivity contribution >= 4 is 11.8 Å². The molecule has 92 valence electrons. The average Bonchev–Trinajstić information content (AvgIpc) is 2.35. The molecule has 0 radical (unpaired) electrons. The standard InChI is InChI=1S/C14H25NS/c1-2-10-6-5-9-13-14(10)15-11-7-3-4-8-12(11)16-13/h10-15H,2-9H2,1H3. The van der Waals surface area contributed by atoms with Crippen molar-refractivity contribution in [1.29, 1.82) is 0 Å². The van der Waals surface area contributed by atoms with E-state index in [2.05, 4.69) is 24.0 Å². The summed E-state index contributed by atoms with van der Waals surface area (Å²) >= 11 is 2.36. The minimum Gasteiger partial charge on any atom is -0.309 e. The van der Waals surface area contributed by atoms with E-state index >= 15 is 0 Å². The molecule has 5 atom stereocenters. The van der Waals surface area contributed by atoms with E-state index in [0.717, 1.165) is 28.5 Å². The van der Waals surface area contributed by atoms with Crippen molar-refractivity contribution in [2.45, 2.75) is 80.9 Å².